The molecule has 3 rings (SSSR count). The van der Waals surface area contributed by atoms with Crippen molar-refractivity contribution in [2.45, 2.75) is 19.8 Å². The molecule has 1 aromatic heterocycles. The molecule has 0 radical (unpaired) electrons. The zero-order valence-electron chi connectivity index (χ0n) is 14.1. The first-order chi connectivity index (χ1) is 11.7. The number of hydrogen-bond donors (Lipinski definition) is 0. The van der Waals surface area contributed by atoms with Gasteiger partial charge < -0.3 is 13.9 Å². The highest BCUT2D eigenvalue weighted by Gasteiger charge is 2.18. The maximum atomic E-state index is 12.4. The van der Waals surface area contributed by atoms with E-state index in [1.807, 2.05) is 24.3 Å². The molecule has 0 spiro atoms. The van der Waals surface area contributed by atoms with E-state index in [1.54, 1.807) is 32.4 Å². The van der Waals surface area contributed by atoms with Crippen LogP contribution in [0.2, 0.25) is 0 Å². The predicted molar refractivity (Wildman–Crippen MR) is 95.0 cm³/mol. The number of fused-ring (bicyclic) bond motifs is 1. The van der Waals surface area contributed by atoms with Gasteiger partial charge in [0.1, 0.15) is 11.3 Å². The summed E-state index contributed by atoms with van der Waals surface area (Å²) < 4.78 is 16.9. The highest BCUT2D eigenvalue weighted by atomic mass is 16.5. The number of rotatable bonds is 5. The molecule has 0 aliphatic carbocycles. The predicted octanol–water partition coefficient (Wildman–Crippen LogP) is 4.43. The first-order valence-electron chi connectivity index (χ1n) is 7.96. The third-order valence-corrected chi connectivity index (χ3v) is 4.05. The minimum absolute atomic E-state index is 0.0518. The fourth-order valence-electron chi connectivity index (χ4n) is 2.96. The lowest BCUT2D eigenvalue weighted by molar-refractivity contribution is 0.351. The van der Waals surface area contributed by atoms with Crippen LogP contribution in [0.4, 0.5) is 0 Å². The topological polar surface area (TPSA) is 48.7 Å². The molecule has 4 heteroatoms. The van der Waals surface area contributed by atoms with Gasteiger partial charge in [-0.1, -0.05) is 25.5 Å². The Kier molecular flexibility index (Phi) is 4.56. The highest BCUT2D eigenvalue weighted by molar-refractivity contribution is 5.79. The van der Waals surface area contributed by atoms with Crippen molar-refractivity contribution in [3.05, 3.63) is 58.3 Å². The fraction of sp³-hybridized carbons (Fsp3) is 0.250. The van der Waals surface area contributed by atoms with Crippen molar-refractivity contribution >= 4 is 11.0 Å². The molecule has 4 nitrogen and oxygen atoms in total. The summed E-state index contributed by atoms with van der Waals surface area (Å²) >= 11 is 0. The van der Waals surface area contributed by atoms with Gasteiger partial charge in [-0.25, -0.2) is 0 Å². The SMILES string of the molecule is CCCc1c(-c2cc(=O)c3ccccc3o2)ccc(OC)c1OC. The standard InChI is InChI=1S/C20H20O4/c1-4-7-14-13(10-11-18(22-2)20(14)23-3)19-12-16(21)15-8-5-6-9-17(15)24-19/h5-6,8-12H,4,7H2,1-3H3. The van der Waals surface area contributed by atoms with Gasteiger partial charge in [-0.05, 0) is 30.7 Å². The van der Waals surface area contributed by atoms with Crippen LogP contribution in [0, 0.1) is 0 Å². The van der Waals surface area contributed by atoms with Crippen molar-refractivity contribution < 1.29 is 13.9 Å². The van der Waals surface area contributed by atoms with Crippen molar-refractivity contribution in [2.75, 3.05) is 14.2 Å². The van der Waals surface area contributed by atoms with Crippen LogP contribution in [0.5, 0.6) is 11.5 Å². The monoisotopic (exact) mass is 324 g/mol. The Morgan fingerprint density at radius 1 is 1.04 bits per heavy atom. The summed E-state index contributed by atoms with van der Waals surface area (Å²) in [4.78, 5) is 12.4. The van der Waals surface area contributed by atoms with E-state index in [1.165, 1.54) is 0 Å². The number of ether oxygens (including phenoxy) is 2. The molecule has 2 aromatic carbocycles. The normalized spacial score (nSPS) is 10.8. The second kappa shape index (κ2) is 6.79. The van der Waals surface area contributed by atoms with Crippen LogP contribution in [-0.4, -0.2) is 14.2 Å². The van der Waals surface area contributed by atoms with Crippen LogP contribution < -0.4 is 14.9 Å². The van der Waals surface area contributed by atoms with E-state index in [-0.39, 0.29) is 5.43 Å². The van der Waals surface area contributed by atoms with Crippen molar-refractivity contribution in [3.63, 3.8) is 0 Å². The lowest BCUT2D eigenvalue weighted by atomic mass is 9.98. The van der Waals surface area contributed by atoms with Crippen LogP contribution in [0.3, 0.4) is 0 Å². The summed E-state index contributed by atoms with van der Waals surface area (Å²) in [5, 5.41) is 0.582. The van der Waals surface area contributed by atoms with Crippen LogP contribution in [0.1, 0.15) is 18.9 Å². The Labute approximate surface area is 140 Å². The molecule has 0 saturated heterocycles. The molecule has 3 aromatic rings. The van der Waals surface area contributed by atoms with Gasteiger partial charge >= 0.3 is 0 Å². The fourth-order valence-corrected chi connectivity index (χ4v) is 2.96. The van der Waals surface area contributed by atoms with E-state index in [0.717, 1.165) is 24.0 Å². The smallest absolute Gasteiger partial charge is 0.193 e. The molecule has 124 valence electrons. The van der Waals surface area contributed by atoms with E-state index in [9.17, 15) is 4.79 Å². The Morgan fingerprint density at radius 2 is 1.83 bits per heavy atom. The molecule has 0 fully saturated rings. The van der Waals surface area contributed by atoms with Gasteiger partial charge in [-0.2, -0.15) is 0 Å². The third kappa shape index (κ3) is 2.75. The van der Waals surface area contributed by atoms with E-state index < -0.39 is 0 Å². The van der Waals surface area contributed by atoms with E-state index in [4.69, 9.17) is 13.9 Å². The van der Waals surface area contributed by atoms with Gasteiger partial charge in [0.2, 0.25) is 0 Å². The third-order valence-electron chi connectivity index (χ3n) is 4.05. The molecular formula is C20H20O4. The second-order valence-corrected chi connectivity index (χ2v) is 5.55. The Morgan fingerprint density at radius 3 is 2.54 bits per heavy atom. The van der Waals surface area contributed by atoms with Crippen molar-refractivity contribution in [1.29, 1.82) is 0 Å². The van der Waals surface area contributed by atoms with Gasteiger partial charge in [0, 0.05) is 17.2 Å². The zero-order valence-corrected chi connectivity index (χ0v) is 14.1. The Balaban J connectivity index is 2.27. The van der Waals surface area contributed by atoms with Crippen LogP contribution in [0.25, 0.3) is 22.3 Å². The number of para-hydroxylation sites is 1. The minimum Gasteiger partial charge on any atom is -0.493 e. The molecule has 0 amide bonds. The van der Waals surface area contributed by atoms with Gasteiger partial charge in [-0.15, -0.1) is 0 Å². The summed E-state index contributed by atoms with van der Waals surface area (Å²) in [5.41, 5.74) is 2.37. The number of methoxy groups -OCH3 is 2. The van der Waals surface area contributed by atoms with Crippen molar-refractivity contribution in [1.82, 2.24) is 0 Å². The maximum absolute atomic E-state index is 12.4. The molecule has 0 aliphatic heterocycles. The largest absolute Gasteiger partial charge is 0.493 e. The van der Waals surface area contributed by atoms with Crippen LogP contribution >= 0.6 is 0 Å². The van der Waals surface area contributed by atoms with E-state index in [0.29, 0.717) is 28.2 Å². The average molecular weight is 324 g/mol. The molecule has 24 heavy (non-hydrogen) atoms. The summed E-state index contributed by atoms with van der Waals surface area (Å²) in [7, 11) is 3.24. The van der Waals surface area contributed by atoms with Gasteiger partial charge in [0.05, 0.1) is 19.6 Å². The van der Waals surface area contributed by atoms with Crippen LogP contribution in [-0.2, 0) is 6.42 Å². The summed E-state index contributed by atoms with van der Waals surface area (Å²) in [6.07, 6.45) is 1.74. The lowest BCUT2D eigenvalue weighted by Gasteiger charge is -2.16. The molecule has 0 bridgehead atoms. The van der Waals surface area contributed by atoms with Crippen molar-refractivity contribution in [2.24, 2.45) is 0 Å². The quantitative estimate of drug-likeness (QED) is 0.696. The Bertz CT molecular complexity index is 925. The highest BCUT2D eigenvalue weighted by Crippen LogP contribution is 2.39. The molecular weight excluding hydrogens is 304 g/mol. The van der Waals surface area contributed by atoms with Crippen molar-refractivity contribution in [3.8, 4) is 22.8 Å². The first-order valence-corrected chi connectivity index (χ1v) is 7.96. The molecule has 0 N–H and O–H groups in total. The average Bonchev–Trinajstić information content (AvgIpc) is 2.61. The van der Waals surface area contributed by atoms with E-state index >= 15 is 0 Å². The number of hydrogen-bond acceptors (Lipinski definition) is 4. The molecule has 0 unspecified atom stereocenters. The first kappa shape index (κ1) is 16.1. The van der Waals surface area contributed by atoms with Crippen LogP contribution in [0.15, 0.2) is 51.7 Å². The molecule has 0 saturated carbocycles. The lowest BCUT2D eigenvalue weighted by Crippen LogP contribution is -2.03. The van der Waals surface area contributed by atoms with Gasteiger partial charge in [-0.3, -0.25) is 4.79 Å². The zero-order chi connectivity index (χ0) is 17.1. The Hall–Kier alpha value is -2.75. The maximum Gasteiger partial charge on any atom is 0.193 e. The molecule has 1 heterocycles. The summed E-state index contributed by atoms with van der Waals surface area (Å²) in [6.45, 7) is 2.10. The van der Waals surface area contributed by atoms with Gasteiger partial charge in [0.25, 0.3) is 0 Å². The summed E-state index contributed by atoms with van der Waals surface area (Å²) in [6, 6.07) is 12.6. The number of benzene rings is 2. The molecule has 0 atom stereocenters. The molecule has 0 aliphatic rings. The minimum atomic E-state index is -0.0518. The summed E-state index contributed by atoms with van der Waals surface area (Å²) in [5.74, 6) is 1.91. The second-order valence-electron chi connectivity index (χ2n) is 5.55. The van der Waals surface area contributed by atoms with Gasteiger partial charge in [0.15, 0.2) is 16.9 Å². The van der Waals surface area contributed by atoms with E-state index in [2.05, 4.69) is 6.92 Å².